The first kappa shape index (κ1) is 70.7. The normalized spacial score (nSPS) is 15.1. The second-order valence-electron chi connectivity index (χ2n) is 13.8. The first-order valence-electron chi connectivity index (χ1n) is 18.8. The van der Waals surface area contributed by atoms with Crippen molar-refractivity contribution in [2.24, 2.45) is 0 Å². The van der Waals surface area contributed by atoms with Crippen LogP contribution in [0.1, 0.15) is 76.1 Å². The molecule has 2 saturated heterocycles. The van der Waals surface area contributed by atoms with E-state index >= 15 is 0 Å². The van der Waals surface area contributed by atoms with Crippen LogP contribution in [0.4, 0.5) is 15.4 Å². The number of carbonyl (C=O) groups is 4. The van der Waals surface area contributed by atoms with E-state index in [9.17, 15) is 19.2 Å². The molecule has 0 bridgehead atoms. The molecule has 2 aromatic rings. The van der Waals surface area contributed by atoms with Crippen molar-refractivity contribution in [1.82, 2.24) is 25.9 Å². The van der Waals surface area contributed by atoms with Crippen LogP contribution in [0, 0.1) is 11.1 Å². The number of carbonyl (C=O) groups excluding carboxylic acids is 4. The van der Waals surface area contributed by atoms with Crippen molar-refractivity contribution >= 4 is 165 Å². The fourth-order valence-corrected chi connectivity index (χ4v) is 4.39. The van der Waals surface area contributed by atoms with E-state index < -0.39 is 23.4 Å². The average Bonchev–Trinajstić information content (AvgIpc) is 3.20. The number of alkyl halides is 5. The molecule has 2 atom stereocenters. The van der Waals surface area contributed by atoms with Crippen LogP contribution >= 0.6 is 136 Å². The number of morpholine rings is 2. The maximum absolute atomic E-state index is 11.7. The van der Waals surface area contributed by atoms with Gasteiger partial charge in [0, 0.05) is 85.1 Å². The molecule has 2 amide bonds. The van der Waals surface area contributed by atoms with Gasteiger partial charge in [-0.15, -0.1) is 0 Å². The van der Waals surface area contributed by atoms with Gasteiger partial charge in [-0.1, -0.05) is 125 Å². The monoisotopic (exact) mass is 1770 g/mol. The summed E-state index contributed by atoms with van der Waals surface area (Å²) in [6.45, 7) is 20.2. The zero-order valence-electron chi connectivity index (χ0n) is 36.7. The van der Waals surface area contributed by atoms with Crippen molar-refractivity contribution in [1.29, 1.82) is 0 Å². The minimum Gasteiger partial charge on any atom is -0.464 e. The van der Waals surface area contributed by atoms with Gasteiger partial charge in [0.1, 0.15) is 17.0 Å². The van der Waals surface area contributed by atoms with E-state index in [-0.39, 0.29) is 63.8 Å². The Morgan fingerprint density at radius 3 is 1.73 bits per heavy atom. The smallest absolute Gasteiger partial charge is 0.407 e. The van der Waals surface area contributed by atoms with Crippen molar-refractivity contribution in [2.45, 2.75) is 78.7 Å². The standard InChI is InChI=1S/C18H27N3O5.C10H20N2O3.C8H8NO2.CHI3.CH2I2.CH2I.V.W/c1-5-24-16(22)13-6-7-15(19-10-13)21-8-9-25-14(12-21)11-20-17(23)26-18(2,3)4;1-10(2,3)15-9(13)12-7-8-6-11-4-5-14-8;1-2-11-8(10)7-4-3-5-9-6-7;2-1(3)4;2-1-3;1-2;;/h6-7,10,14H,5,8-9,11-12H2,1-4H3,(H,20,23);8,11H,4-7H2,1-3H3,(H,12,13);3-4,6H,2H2,1H3;1H;1H2;1H2;;/q;;-1;;;-1;;. The number of aromatic nitrogens is 2. The summed E-state index contributed by atoms with van der Waals surface area (Å²) < 4.78 is 33.1. The fourth-order valence-electron chi connectivity index (χ4n) is 4.39. The van der Waals surface area contributed by atoms with Crippen molar-refractivity contribution < 1.29 is 87.2 Å². The number of hydrogen-bond donors (Lipinski definition) is 3. The van der Waals surface area contributed by atoms with Crippen LogP contribution in [0.2, 0.25) is 0 Å². The minimum absolute atomic E-state index is 0. The van der Waals surface area contributed by atoms with E-state index in [1.54, 1.807) is 38.1 Å². The molecule has 2 aliphatic heterocycles. The molecule has 1 radical (unpaired) electrons. The molecule has 16 nitrogen and oxygen atoms in total. The minimum atomic E-state index is -0.534. The SMILES string of the molecule is CC(C)(C)OC(=O)NCC1CNCCO1.CCOC(=O)c1cc[c-]nc1.CCOC(=O)c1ccc(N2CCOC(CNC(=O)OC(C)(C)C)C2)nc1.IC(I)I.ICI.[CH2-]I.[V].[W]. The Kier molecular flexibility index (Phi) is 48.4. The van der Waals surface area contributed by atoms with E-state index in [1.807, 2.05) is 64.1 Å². The molecule has 3 N–H and O–H groups in total. The topological polar surface area (TPSA) is 189 Å². The van der Waals surface area contributed by atoms with Crippen molar-refractivity contribution in [2.75, 3.05) is 73.0 Å². The van der Waals surface area contributed by atoms with Crippen LogP contribution in [0.5, 0.6) is 0 Å². The van der Waals surface area contributed by atoms with Crippen LogP contribution in [0.25, 0.3) is 0 Å². The molecule has 4 heterocycles. The zero-order valence-corrected chi connectivity index (χ0v) is 54.0. The Bertz CT molecular complexity index is 1470. The van der Waals surface area contributed by atoms with Gasteiger partial charge < -0.3 is 76.8 Å². The molecule has 0 saturated carbocycles. The van der Waals surface area contributed by atoms with Crippen molar-refractivity contribution in [3.63, 3.8) is 0 Å². The molecular weight excluding hydrogens is 1710 g/mol. The van der Waals surface area contributed by atoms with Crippen LogP contribution in [0.15, 0.2) is 36.7 Å². The summed E-state index contributed by atoms with van der Waals surface area (Å²) in [5, 5.41) is 8.60. The van der Waals surface area contributed by atoms with E-state index in [4.69, 9.17) is 28.4 Å². The molecule has 2 fully saturated rings. The summed E-state index contributed by atoms with van der Waals surface area (Å²) in [6, 6.07) is 6.68. The summed E-state index contributed by atoms with van der Waals surface area (Å²) >= 11 is 13.4. The number of ether oxygens (including phenoxy) is 6. The van der Waals surface area contributed by atoms with Crippen molar-refractivity contribution in [3.8, 4) is 0 Å². The molecular formula is C39H60I6N6O10VW-2. The quantitative estimate of drug-likeness (QED) is 0.0709. The third kappa shape index (κ3) is 41.8. The Morgan fingerprint density at radius 2 is 1.33 bits per heavy atom. The molecule has 63 heavy (non-hydrogen) atoms. The third-order valence-electron chi connectivity index (χ3n) is 6.60. The summed E-state index contributed by atoms with van der Waals surface area (Å²) in [4.78, 5) is 59.0. The summed E-state index contributed by atoms with van der Waals surface area (Å²) in [5.74, 6) is 0.0329. The number of amides is 2. The predicted octanol–water partition coefficient (Wildman–Crippen LogP) is 9.14. The number of esters is 2. The van der Waals surface area contributed by atoms with Gasteiger partial charge in [-0.05, 0) is 73.1 Å². The molecule has 24 heteroatoms. The largest absolute Gasteiger partial charge is 0.464 e. The van der Waals surface area contributed by atoms with E-state index in [2.05, 4.69) is 155 Å². The zero-order chi connectivity index (χ0) is 46.9. The fraction of sp³-hybridized carbons (Fsp3) is 0.615. The summed E-state index contributed by atoms with van der Waals surface area (Å²) in [6.07, 6.45) is 4.54. The Morgan fingerprint density at radius 1 is 0.857 bits per heavy atom. The maximum Gasteiger partial charge on any atom is 0.407 e. The van der Waals surface area contributed by atoms with Gasteiger partial charge in [-0.2, -0.15) is 12.1 Å². The third-order valence-corrected chi connectivity index (χ3v) is 6.60. The van der Waals surface area contributed by atoms with E-state index in [0.717, 1.165) is 18.8 Å². The second kappa shape index (κ2) is 43.2. The van der Waals surface area contributed by atoms with Gasteiger partial charge in [0.25, 0.3) is 0 Å². The Hall–Kier alpha value is 1.11. The maximum atomic E-state index is 11.7. The molecule has 2 aliphatic rings. The molecule has 0 aliphatic carbocycles. The first-order valence-corrected chi connectivity index (χ1v) is 27.1. The van der Waals surface area contributed by atoms with Crippen LogP contribution in [0.3, 0.4) is 0 Å². The van der Waals surface area contributed by atoms with Gasteiger partial charge in [0.05, 0.1) is 46.6 Å². The van der Waals surface area contributed by atoms with Crippen molar-refractivity contribution in [3.05, 3.63) is 58.9 Å². The van der Waals surface area contributed by atoms with E-state index in [1.165, 1.54) is 14.8 Å². The molecule has 0 aromatic carbocycles. The van der Waals surface area contributed by atoms with Gasteiger partial charge in [-0.25, -0.2) is 24.2 Å². The Balaban J connectivity index is -0.000000400. The number of rotatable bonds is 9. The van der Waals surface area contributed by atoms with E-state index in [0.29, 0.717) is 63.7 Å². The number of anilines is 1. The second-order valence-corrected chi connectivity index (χ2v) is 29.1. The van der Waals surface area contributed by atoms with Crippen LogP contribution in [-0.2, 0) is 68.0 Å². The number of halogens is 6. The van der Waals surface area contributed by atoms with Crippen LogP contribution < -0.4 is 20.9 Å². The molecule has 361 valence electrons. The van der Waals surface area contributed by atoms with Gasteiger partial charge in [0.15, 0.2) is 0 Å². The number of alkyl carbamates (subject to hydrolysis) is 2. The predicted molar refractivity (Wildman–Crippen MR) is 290 cm³/mol. The molecule has 4 rings (SSSR count). The average molecular weight is 1770 g/mol. The first-order chi connectivity index (χ1) is 28.7. The summed E-state index contributed by atoms with van der Waals surface area (Å²) in [5.41, 5.74) is -0.0956. The molecule has 0 spiro atoms. The van der Waals surface area contributed by atoms with Gasteiger partial charge >= 0.3 is 24.1 Å². The van der Waals surface area contributed by atoms with Gasteiger partial charge in [0.2, 0.25) is 0 Å². The number of nitrogens with zero attached hydrogens (tertiary/aromatic N) is 3. The van der Waals surface area contributed by atoms with Gasteiger partial charge in [-0.3, -0.25) is 4.93 Å². The van der Waals surface area contributed by atoms with Crippen LogP contribution in [-0.4, -0.2) is 126 Å². The molecule has 2 unspecified atom stereocenters. The number of nitrogens with one attached hydrogen (secondary N) is 3. The number of hydrogen-bond acceptors (Lipinski definition) is 14. The molecule has 2 aromatic heterocycles. The summed E-state index contributed by atoms with van der Waals surface area (Å²) in [7, 11) is 0. The Labute approximate surface area is 482 Å². The number of pyridine rings is 2.